The first-order valence-corrected chi connectivity index (χ1v) is 10.2. The van der Waals surface area contributed by atoms with E-state index in [4.69, 9.17) is 4.74 Å². The molecule has 3 saturated carbocycles. The van der Waals surface area contributed by atoms with E-state index in [1.165, 1.54) is 0 Å². The molecule has 6 atom stereocenters. The maximum atomic E-state index is 14.6. The molecule has 0 heterocycles. The van der Waals surface area contributed by atoms with Crippen LogP contribution in [-0.2, 0) is 4.74 Å². The first-order valence-electron chi connectivity index (χ1n) is 10.2. The average Bonchev–Trinajstić information content (AvgIpc) is 2.58. The van der Waals surface area contributed by atoms with Gasteiger partial charge in [-0.3, -0.25) is 0 Å². The Hall–Kier alpha value is -0.390. The predicted molar refractivity (Wildman–Crippen MR) is 90.3 cm³/mol. The molecule has 0 N–H and O–H groups in total. The zero-order valence-electron chi connectivity index (χ0n) is 15.5. The van der Waals surface area contributed by atoms with Crippen LogP contribution in [0.4, 0.5) is 22.0 Å². The molecule has 3 aliphatic carbocycles. The molecular weight excluding hydrogens is 351 g/mol. The van der Waals surface area contributed by atoms with E-state index in [0.717, 1.165) is 25.7 Å². The van der Waals surface area contributed by atoms with Crippen LogP contribution in [0.25, 0.3) is 0 Å². The fraction of sp³-hybridized carbons (Fsp3) is 1.00. The normalized spacial score (nSPS) is 45.5. The van der Waals surface area contributed by atoms with Crippen molar-refractivity contribution in [2.45, 2.75) is 102 Å². The Morgan fingerprint density at radius 1 is 0.692 bits per heavy atom. The molecule has 3 rings (SSSR count). The smallest absolute Gasteiger partial charge is 0.317 e. The lowest BCUT2D eigenvalue weighted by atomic mass is 9.68. The molecule has 0 aromatic rings. The third kappa shape index (κ3) is 4.71. The highest BCUT2D eigenvalue weighted by molar-refractivity contribution is 4.90. The minimum atomic E-state index is -3.61. The van der Waals surface area contributed by atoms with E-state index < -0.39 is 36.6 Å². The van der Waals surface area contributed by atoms with Gasteiger partial charge >= 0.3 is 6.11 Å². The van der Waals surface area contributed by atoms with Crippen LogP contribution in [0.3, 0.4) is 0 Å². The zero-order chi connectivity index (χ0) is 18.9. The lowest BCUT2D eigenvalue weighted by Crippen LogP contribution is -2.46. The second kappa shape index (κ2) is 8.32. The van der Waals surface area contributed by atoms with Crippen molar-refractivity contribution >= 4 is 0 Å². The van der Waals surface area contributed by atoms with Crippen molar-refractivity contribution in [3.8, 4) is 0 Å². The summed E-state index contributed by atoms with van der Waals surface area (Å²) in [6.07, 6.45) is -4.74. The van der Waals surface area contributed by atoms with Crippen LogP contribution in [0.1, 0.15) is 71.1 Å². The SMILES string of the molecule is CC1CCC(C2CCC(C(F)(F)OC3CCC(F)C(F)C3)C(F)C2)CC1. The van der Waals surface area contributed by atoms with Gasteiger partial charge in [-0.15, -0.1) is 0 Å². The van der Waals surface area contributed by atoms with Crippen LogP contribution in [0.15, 0.2) is 0 Å². The molecular formula is C20H31F5O. The van der Waals surface area contributed by atoms with E-state index in [9.17, 15) is 22.0 Å². The minimum absolute atomic E-state index is 0.0593. The predicted octanol–water partition coefficient (Wildman–Crippen LogP) is 6.41. The summed E-state index contributed by atoms with van der Waals surface area (Å²) in [5.74, 6) is -0.128. The summed E-state index contributed by atoms with van der Waals surface area (Å²) in [5, 5.41) is 0. The van der Waals surface area contributed by atoms with Crippen molar-refractivity contribution in [1.82, 2.24) is 0 Å². The average molecular weight is 382 g/mol. The second-order valence-corrected chi connectivity index (χ2v) is 8.86. The molecule has 0 aromatic carbocycles. The Bertz CT molecular complexity index is 451. The highest BCUT2D eigenvalue weighted by atomic mass is 19.3. The van der Waals surface area contributed by atoms with E-state index >= 15 is 0 Å². The molecule has 152 valence electrons. The Morgan fingerprint density at radius 2 is 1.35 bits per heavy atom. The van der Waals surface area contributed by atoms with Gasteiger partial charge in [-0.05, 0) is 62.7 Å². The van der Waals surface area contributed by atoms with Crippen LogP contribution in [0.5, 0.6) is 0 Å². The number of ether oxygens (including phenoxy) is 1. The van der Waals surface area contributed by atoms with E-state index in [0.29, 0.717) is 18.3 Å². The van der Waals surface area contributed by atoms with Crippen molar-refractivity contribution in [3.63, 3.8) is 0 Å². The summed E-state index contributed by atoms with van der Waals surface area (Å²) in [6, 6.07) is 0. The summed E-state index contributed by atoms with van der Waals surface area (Å²) in [7, 11) is 0. The summed E-state index contributed by atoms with van der Waals surface area (Å²) in [5.41, 5.74) is 0. The molecule has 1 nitrogen and oxygen atoms in total. The fourth-order valence-corrected chi connectivity index (χ4v) is 5.17. The quantitative estimate of drug-likeness (QED) is 0.511. The largest absolute Gasteiger partial charge is 0.361 e. The summed E-state index contributed by atoms with van der Waals surface area (Å²) >= 11 is 0. The van der Waals surface area contributed by atoms with Crippen molar-refractivity contribution in [1.29, 1.82) is 0 Å². The second-order valence-electron chi connectivity index (χ2n) is 8.86. The first-order chi connectivity index (χ1) is 12.3. The van der Waals surface area contributed by atoms with Crippen molar-refractivity contribution in [3.05, 3.63) is 0 Å². The van der Waals surface area contributed by atoms with Gasteiger partial charge in [0.1, 0.15) is 18.5 Å². The maximum Gasteiger partial charge on any atom is 0.361 e. The van der Waals surface area contributed by atoms with Crippen LogP contribution in [-0.4, -0.2) is 30.7 Å². The topological polar surface area (TPSA) is 9.23 Å². The molecule has 0 spiro atoms. The van der Waals surface area contributed by atoms with Gasteiger partial charge in [-0.2, -0.15) is 8.78 Å². The monoisotopic (exact) mass is 382 g/mol. The molecule has 6 unspecified atom stereocenters. The van der Waals surface area contributed by atoms with E-state index in [2.05, 4.69) is 6.92 Å². The highest BCUT2D eigenvalue weighted by Crippen LogP contribution is 2.47. The van der Waals surface area contributed by atoms with Gasteiger partial charge in [-0.1, -0.05) is 19.8 Å². The van der Waals surface area contributed by atoms with Crippen LogP contribution in [0, 0.1) is 23.7 Å². The van der Waals surface area contributed by atoms with Crippen molar-refractivity contribution in [2.24, 2.45) is 23.7 Å². The van der Waals surface area contributed by atoms with Gasteiger partial charge in [-0.25, -0.2) is 13.2 Å². The zero-order valence-corrected chi connectivity index (χ0v) is 15.5. The number of hydrogen-bond acceptors (Lipinski definition) is 1. The van der Waals surface area contributed by atoms with Crippen molar-refractivity contribution in [2.75, 3.05) is 0 Å². The molecule has 0 bridgehead atoms. The third-order valence-electron chi connectivity index (χ3n) is 6.94. The summed E-state index contributed by atoms with van der Waals surface area (Å²) < 4.78 is 75.1. The van der Waals surface area contributed by atoms with Gasteiger partial charge in [0.2, 0.25) is 0 Å². The molecule has 0 amide bonds. The van der Waals surface area contributed by atoms with Gasteiger partial charge < -0.3 is 4.74 Å². The van der Waals surface area contributed by atoms with Crippen molar-refractivity contribution < 1.29 is 26.7 Å². The summed E-state index contributed by atoms with van der Waals surface area (Å²) in [4.78, 5) is 0. The Kier molecular flexibility index (Phi) is 6.51. The molecule has 3 fully saturated rings. The standard InChI is InChI=1S/C20H31F5O/c1-12-2-4-13(5-3-12)14-6-8-16(18(22)10-14)20(24,25)26-15-7-9-17(21)19(23)11-15/h12-19H,2-11H2,1H3. The van der Waals surface area contributed by atoms with E-state index in [1.54, 1.807) is 0 Å². The Morgan fingerprint density at radius 3 is 1.96 bits per heavy atom. The van der Waals surface area contributed by atoms with Crippen LogP contribution in [0.2, 0.25) is 0 Å². The van der Waals surface area contributed by atoms with E-state index in [-0.39, 0.29) is 38.0 Å². The minimum Gasteiger partial charge on any atom is -0.317 e. The summed E-state index contributed by atoms with van der Waals surface area (Å²) in [6.45, 7) is 2.22. The van der Waals surface area contributed by atoms with Gasteiger partial charge in [0.15, 0.2) is 0 Å². The molecule has 6 heteroatoms. The number of halogens is 5. The molecule has 0 aliphatic heterocycles. The Labute approximate surface area is 153 Å². The molecule has 0 radical (unpaired) electrons. The van der Waals surface area contributed by atoms with Crippen LogP contribution >= 0.6 is 0 Å². The maximum absolute atomic E-state index is 14.6. The molecule has 0 aromatic heterocycles. The molecule has 26 heavy (non-hydrogen) atoms. The fourth-order valence-electron chi connectivity index (χ4n) is 5.17. The van der Waals surface area contributed by atoms with Gasteiger partial charge in [0, 0.05) is 6.42 Å². The lowest BCUT2D eigenvalue weighted by molar-refractivity contribution is -0.312. The number of hydrogen-bond donors (Lipinski definition) is 0. The van der Waals surface area contributed by atoms with Gasteiger partial charge in [0.25, 0.3) is 0 Å². The Balaban J connectivity index is 1.52. The van der Waals surface area contributed by atoms with E-state index in [1.807, 2.05) is 0 Å². The lowest BCUT2D eigenvalue weighted by Gasteiger charge is -2.41. The van der Waals surface area contributed by atoms with Crippen LogP contribution < -0.4 is 0 Å². The third-order valence-corrected chi connectivity index (χ3v) is 6.94. The van der Waals surface area contributed by atoms with Gasteiger partial charge in [0.05, 0.1) is 12.0 Å². The number of rotatable bonds is 4. The first kappa shape index (κ1) is 20.3. The number of alkyl halides is 5. The molecule has 3 aliphatic rings. The molecule has 0 saturated heterocycles. The highest BCUT2D eigenvalue weighted by Gasteiger charge is 2.51.